The van der Waals surface area contributed by atoms with Gasteiger partial charge in [-0.15, -0.1) is 0 Å². The number of hydrogen-bond donors (Lipinski definition) is 1. The highest BCUT2D eigenvalue weighted by molar-refractivity contribution is 4.59. The summed E-state index contributed by atoms with van der Waals surface area (Å²) in [5, 5.41) is 2.43. The van der Waals surface area contributed by atoms with E-state index in [1.165, 1.54) is 19.5 Å². The van der Waals surface area contributed by atoms with Crippen molar-refractivity contribution in [3.8, 4) is 0 Å². The standard InChI is InChI=1S/C7H15N/c1-6-3-7(2)5-8-4-6/h6-8H,3-5H2,1-2H3/p+1/t6-,7-/m1/s1. The minimum Gasteiger partial charge on any atom is -0.346 e. The molecule has 1 aliphatic rings. The molecule has 1 rings (SSSR count). The first kappa shape index (κ1) is 6.09. The Balaban J connectivity index is 2.23. The summed E-state index contributed by atoms with van der Waals surface area (Å²) in [6, 6.07) is 0. The minimum absolute atomic E-state index is 0.957. The Hall–Kier alpha value is -0.0400. The summed E-state index contributed by atoms with van der Waals surface area (Å²) < 4.78 is 0. The van der Waals surface area contributed by atoms with Crippen LogP contribution in [0.15, 0.2) is 0 Å². The molecule has 0 aromatic carbocycles. The van der Waals surface area contributed by atoms with E-state index < -0.39 is 0 Å². The van der Waals surface area contributed by atoms with E-state index in [-0.39, 0.29) is 0 Å². The lowest BCUT2D eigenvalue weighted by Gasteiger charge is -2.21. The van der Waals surface area contributed by atoms with Crippen molar-refractivity contribution >= 4 is 0 Å². The Bertz CT molecular complexity index is 62.8. The topological polar surface area (TPSA) is 16.6 Å². The molecular weight excluding hydrogens is 98.1 g/mol. The second-order valence-corrected chi connectivity index (χ2v) is 3.21. The number of quaternary nitrogens is 1. The van der Waals surface area contributed by atoms with Crippen LogP contribution in [0.1, 0.15) is 20.3 Å². The number of piperidine rings is 1. The summed E-state index contributed by atoms with van der Waals surface area (Å²) in [5.74, 6) is 1.91. The molecule has 0 spiro atoms. The van der Waals surface area contributed by atoms with Crippen molar-refractivity contribution in [1.82, 2.24) is 0 Å². The normalized spacial score (nSPS) is 39.8. The van der Waals surface area contributed by atoms with E-state index in [1.807, 2.05) is 0 Å². The van der Waals surface area contributed by atoms with Gasteiger partial charge in [-0.3, -0.25) is 0 Å². The zero-order valence-corrected chi connectivity index (χ0v) is 5.85. The first-order valence-corrected chi connectivity index (χ1v) is 3.60. The highest BCUT2D eigenvalue weighted by atomic mass is 14.9. The van der Waals surface area contributed by atoms with Crippen LogP contribution in [0.25, 0.3) is 0 Å². The van der Waals surface area contributed by atoms with Crippen molar-refractivity contribution in [2.75, 3.05) is 13.1 Å². The SMILES string of the molecule is C[C@H]1C[NH2+]C[C@H](C)C1. The highest BCUT2D eigenvalue weighted by Gasteiger charge is 2.16. The molecule has 1 saturated heterocycles. The third-order valence-electron chi connectivity index (χ3n) is 1.94. The van der Waals surface area contributed by atoms with Crippen LogP contribution in [0.4, 0.5) is 0 Å². The van der Waals surface area contributed by atoms with Crippen molar-refractivity contribution in [3.63, 3.8) is 0 Å². The maximum atomic E-state index is 2.43. The molecule has 0 unspecified atom stereocenters. The first-order valence-electron chi connectivity index (χ1n) is 3.60. The van der Waals surface area contributed by atoms with Gasteiger partial charge in [0.1, 0.15) is 0 Å². The molecule has 1 heteroatoms. The summed E-state index contributed by atoms with van der Waals surface area (Å²) in [6.07, 6.45) is 1.44. The summed E-state index contributed by atoms with van der Waals surface area (Å²) in [4.78, 5) is 0. The van der Waals surface area contributed by atoms with Gasteiger partial charge in [0.15, 0.2) is 0 Å². The molecule has 8 heavy (non-hydrogen) atoms. The predicted molar refractivity (Wildman–Crippen MR) is 34.6 cm³/mol. The molecule has 1 nitrogen and oxygen atoms in total. The zero-order chi connectivity index (χ0) is 5.98. The molecule has 2 N–H and O–H groups in total. The minimum atomic E-state index is 0.957. The molecule has 0 bridgehead atoms. The van der Waals surface area contributed by atoms with Crippen molar-refractivity contribution in [1.29, 1.82) is 0 Å². The van der Waals surface area contributed by atoms with E-state index in [0.717, 1.165) is 11.8 Å². The average molecular weight is 114 g/mol. The van der Waals surface area contributed by atoms with Gasteiger partial charge in [0.2, 0.25) is 0 Å². The average Bonchev–Trinajstić information content (AvgIpc) is 1.64. The molecule has 1 aliphatic heterocycles. The first-order chi connectivity index (χ1) is 3.79. The Kier molecular flexibility index (Phi) is 1.90. The van der Waals surface area contributed by atoms with E-state index in [1.54, 1.807) is 0 Å². The van der Waals surface area contributed by atoms with Crippen LogP contribution < -0.4 is 5.32 Å². The monoisotopic (exact) mass is 114 g/mol. The smallest absolute Gasteiger partial charge is 0.0781 e. The van der Waals surface area contributed by atoms with Gasteiger partial charge in [-0.1, -0.05) is 13.8 Å². The quantitative estimate of drug-likeness (QED) is 0.464. The molecule has 0 aromatic heterocycles. The summed E-state index contributed by atoms with van der Waals surface area (Å²) in [6.45, 7) is 7.38. The third kappa shape index (κ3) is 1.48. The Morgan fingerprint density at radius 3 is 1.88 bits per heavy atom. The van der Waals surface area contributed by atoms with Gasteiger partial charge in [0.05, 0.1) is 13.1 Å². The predicted octanol–water partition coefficient (Wildman–Crippen LogP) is 0.226. The van der Waals surface area contributed by atoms with E-state index >= 15 is 0 Å². The maximum Gasteiger partial charge on any atom is 0.0781 e. The fourth-order valence-electron chi connectivity index (χ4n) is 1.54. The third-order valence-corrected chi connectivity index (χ3v) is 1.94. The molecule has 0 amide bonds. The fourth-order valence-corrected chi connectivity index (χ4v) is 1.54. The van der Waals surface area contributed by atoms with Crippen LogP contribution in [-0.4, -0.2) is 13.1 Å². The van der Waals surface area contributed by atoms with Crippen LogP contribution >= 0.6 is 0 Å². The van der Waals surface area contributed by atoms with E-state index in [0.29, 0.717) is 0 Å². The second-order valence-electron chi connectivity index (χ2n) is 3.21. The summed E-state index contributed by atoms with van der Waals surface area (Å²) in [7, 11) is 0. The van der Waals surface area contributed by atoms with Crippen LogP contribution in [0.2, 0.25) is 0 Å². The molecule has 2 atom stereocenters. The van der Waals surface area contributed by atoms with Gasteiger partial charge in [0.25, 0.3) is 0 Å². The highest BCUT2D eigenvalue weighted by Crippen LogP contribution is 2.10. The van der Waals surface area contributed by atoms with Crippen molar-refractivity contribution in [2.24, 2.45) is 11.8 Å². The Morgan fingerprint density at radius 1 is 1.12 bits per heavy atom. The van der Waals surface area contributed by atoms with Gasteiger partial charge >= 0.3 is 0 Å². The molecule has 1 heterocycles. The molecule has 0 radical (unpaired) electrons. The fraction of sp³-hybridized carbons (Fsp3) is 1.00. The lowest BCUT2D eigenvalue weighted by atomic mass is 9.94. The lowest BCUT2D eigenvalue weighted by Crippen LogP contribution is -2.88. The van der Waals surface area contributed by atoms with Gasteiger partial charge in [-0.25, -0.2) is 0 Å². The molecule has 1 fully saturated rings. The number of rotatable bonds is 0. The molecular formula is C7H16N+. The van der Waals surface area contributed by atoms with Gasteiger partial charge < -0.3 is 5.32 Å². The van der Waals surface area contributed by atoms with Gasteiger partial charge in [-0.2, -0.15) is 0 Å². The van der Waals surface area contributed by atoms with Gasteiger partial charge in [-0.05, 0) is 6.42 Å². The zero-order valence-electron chi connectivity index (χ0n) is 5.85. The van der Waals surface area contributed by atoms with Crippen molar-refractivity contribution < 1.29 is 5.32 Å². The molecule has 0 aliphatic carbocycles. The summed E-state index contributed by atoms with van der Waals surface area (Å²) >= 11 is 0. The van der Waals surface area contributed by atoms with Crippen LogP contribution in [0.3, 0.4) is 0 Å². The van der Waals surface area contributed by atoms with E-state index in [4.69, 9.17) is 0 Å². The molecule has 0 aromatic rings. The largest absolute Gasteiger partial charge is 0.346 e. The second kappa shape index (κ2) is 2.49. The van der Waals surface area contributed by atoms with Crippen LogP contribution in [-0.2, 0) is 0 Å². The van der Waals surface area contributed by atoms with E-state index in [9.17, 15) is 0 Å². The lowest BCUT2D eigenvalue weighted by molar-refractivity contribution is -0.674. The Morgan fingerprint density at radius 2 is 1.62 bits per heavy atom. The van der Waals surface area contributed by atoms with Crippen molar-refractivity contribution in [3.05, 3.63) is 0 Å². The van der Waals surface area contributed by atoms with Gasteiger partial charge in [0, 0.05) is 11.8 Å². The Labute approximate surface area is 51.5 Å². The number of hydrogen-bond acceptors (Lipinski definition) is 0. The molecule has 48 valence electrons. The number of nitrogens with two attached hydrogens (primary N) is 1. The van der Waals surface area contributed by atoms with Crippen LogP contribution in [0.5, 0.6) is 0 Å². The van der Waals surface area contributed by atoms with E-state index in [2.05, 4.69) is 19.2 Å². The maximum absolute atomic E-state index is 2.43. The van der Waals surface area contributed by atoms with Crippen LogP contribution in [0, 0.1) is 11.8 Å². The summed E-state index contributed by atoms with van der Waals surface area (Å²) in [5.41, 5.74) is 0. The van der Waals surface area contributed by atoms with Crippen molar-refractivity contribution in [2.45, 2.75) is 20.3 Å². The molecule has 0 saturated carbocycles.